The molecular weight excluding hydrogens is 382 g/mol. The van der Waals surface area contributed by atoms with E-state index in [0.717, 1.165) is 23.4 Å². The molecule has 28 heavy (non-hydrogen) atoms. The quantitative estimate of drug-likeness (QED) is 0.324. The molecule has 1 amide bonds. The lowest BCUT2D eigenvalue weighted by molar-refractivity contribution is -0.135. The minimum absolute atomic E-state index is 0.0180. The number of methoxy groups -OCH3 is 1. The van der Waals surface area contributed by atoms with Gasteiger partial charge in [0.15, 0.2) is 5.17 Å². The summed E-state index contributed by atoms with van der Waals surface area (Å²) in [5, 5.41) is 10.8. The van der Waals surface area contributed by atoms with Gasteiger partial charge in [-0.05, 0) is 51.6 Å². The minimum atomic E-state index is -0.609. The second-order valence-corrected chi connectivity index (χ2v) is 7.34. The SMILES string of the molecule is COC(=O)/C=C1/S/C(=N\N=Cc2cc(OC(C)C)cc(OC(C)C)c2)NC1=O. The molecule has 0 unspecified atom stereocenters. The smallest absolute Gasteiger partial charge is 0.331 e. The zero-order valence-electron chi connectivity index (χ0n) is 16.4. The zero-order valence-corrected chi connectivity index (χ0v) is 17.2. The van der Waals surface area contributed by atoms with Gasteiger partial charge in [0.2, 0.25) is 0 Å². The van der Waals surface area contributed by atoms with Gasteiger partial charge in [0.1, 0.15) is 11.5 Å². The Labute approximate surface area is 168 Å². The second kappa shape index (κ2) is 9.93. The third-order valence-corrected chi connectivity index (χ3v) is 4.00. The fourth-order valence-electron chi connectivity index (χ4n) is 2.14. The topological polar surface area (TPSA) is 98.6 Å². The van der Waals surface area contributed by atoms with E-state index >= 15 is 0 Å². The molecule has 1 saturated heterocycles. The van der Waals surface area contributed by atoms with Crippen LogP contribution in [0.25, 0.3) is 0 Å². The summed E-state index contributed by atoms with van der Waals surface area (Å²) in [5.41, 5.74) is 0.734. The van der Waals surface area contributed by atoms with Crippen molar-refractivity contribution >= 4 is 35.0 Å². The fraction of sp³-hybridized carbons (Fsp3) is 0.368. The first kappa shape index (κ1) is 21.5. The van der Waals surface area contributed by atoms with Gasteiger partial charge in [0, 0.05) is 17.7 Å². The summed E-state index contributed by atoms with van der Waals surface area (Å²) < 4.78 is 16.0. The average Bonchev–Trinajstić information content (AvgIpc) is 2.92. The molecule has 0 saturated carbocycles. The summed E-state index contributed by atoms with van der Waals surface area (Å²) in [6.45, 7) is 7.76. The Kier molecular flexibility index (Phi) is 7.62. The first-order chi connectivity index (χ1) is 13.3. The van der Waals surface area contributed by atoms with E-state index in [4.69, 9.17) is 9.47 Å². The molecule has 2 rings (SSSR count). The van der Waals surface area contributed by atoms with Crippen molar-refractivity contribution in [3.05, 3.63) is 34.7 Å². The van der Waals surface area contributed by atoms with Gasteiger partial charge in [-0.25, -0.2) is 4.79 Å². The van der Waals surface area contributed by atoms with Crippen LogP contribution in [0.15, 0.2) is 39.4 Å². The number of carbonyl (C=O) groups excluding carboxylic acids is 2. The molecule has 1 fully saturated rings. The van der Waals surface area contributed by atoms with Gasteiger partial charge in [-0.1, -0.05) is 0 Å². The number of carbonyl (C=O) groups is 2. The summed E-state index contributed by atoms with van der Waals surface area (Å²) in [5.74, 6) is 0.287. The number of ether oxygens (including phenoxy) is 3. The van der Waals surface area contributed by atoms with Crippen molar-refractivity contribution in [3.8, 4) is 11.5 Å². The molecule has 8 nitrogen and oxygen atoms in total. The van der Waals surface area contributed by atoms with E-state index in [1.807, 2.05) is 45.9 Å². The Balaban J connectivity index is 2.16. The summed E-state index contributed by atoms with van der Waals surface area (Å²) in [4.78, 5) is 23.2. The van der Waals surface area contributed by atoms with Gasteiger partial charge >= 0.3 is 5.97 Å². The number of nitrogens with one attached hydrogen (secondary N) is 1. The van der Waals surface area contributed by atoms with Gasteiger partial charge in [-0.15, -0.1) is 5.10 Å². The van der Waals surface area contributed by atoms with Gasteiger partial charge in [-0.3, -0.25) is 10.1 Å². The molecule has 0 spiro atoms. The zero-order chi connectivity index (χ0) is 20.7. The monoisotopic (exact) mass is 405 g/mol. The number of amides is 1. The highest BCUT2D eigenvalue weighted by atomic mass is 32.2. The third kappa shape index (κ3) is 6.73. The Morgan fingerprint density at radius 2 is 1.71 bits per heavy atom. The Hall–Kier alpha value is -2.81. The van der Waals surface area contributed by atoms with Crippen molar-refractivity contribution in [1.29, 1.82) is 0 Å². The number of nitrogens with zero attached hydrogens (tertiary/aromatic N) is 2. The highest BCUT2D eigenvalue weighted by molar-refractivity contribution is 8.18. The molecule has 0 atom stereocenters. The van der Waals surface area contributed by atoms with Crippen molar-refractivity contribution in [2.24, 2.45) is 10.2 Å². The Morgan fingerprint density at radius 1 is 1.11 bits per heavy atom. The van der Waals surface area contributed by atoms with Crippen molar-refractivity contribution in [1.82, 2.24) is 5.32 Å². The molecule has 0 bridgehead atoms. The van der Waals surface area contributed by atoms with Crippen LogP contribution in [0.5, 0.6) is 11.5 Å². The average molecular weight is 405 g/mol. The molecule has 1 aromatic carbocycles. The van der Waals surface area contributed by atoms with Crippen LogP contribution in [-0.2, 0) is 14.3 Å². The van der Waals surface area contributed by atoms with E-state index in [-0.39, 0.29) is 22.3 Å². The molecule has 1 aliphatic heterocycles. The van der Waals surface area contributed by atoms with Crippen LogP contribution in [0.2, 0.25) is 0 Å². The number of hydrogen-bond donors (Lipinski definition) is 1. The first-order valence-corrected chi connectivity index (χ1v) is 9.46. The lowest BCUT2D eigenvalue weighted by Gasteiger charge is -2.14. The summed E-state index contributed by atoms with van der Waals surface area (Å²) in [6, 6.07) is 5.46. The van der Waals surface area contributed by atoms with Crippen molar-refractivity contribution in [2.45, 2.75) is 39.9 Å². The highest BCUT2D eigenvalue weighted by Crippen LogP contribution is 2.25. The van der Waals surface area contributed by atoms with Crippen molar-refractivity contribution in [2.75, 3.05) is 7.11 Å². The Bertz CT molecular complexity index is 803. The van der Waals surface area contributed by atoms with Gasteiger partial charge in [0.25, 0.3) is 5.91 Å². The molecule has 1 N–H and O–H groups in total. The summed E-state index contributed by atoms with van der Waals surface area (Å²) >= 11 is 1.01. The molecule has 0 aromatic heterocycles. The number of hydrogen-bond acceptors (Lipinski definition) is 8. The van der Waals surface area contributed by atoms with E-state index in [9.17, 15) is 9.59 Å². The molecule has 0 aliphatic carbocycles. The van der Waals surface area contributed by atoms with Crippen LogP contribution < -0.4 is 14.8 Å². The van der Waals surface area contributed by atoms with Crippen LogP contribution in [0, 0.1) is 0 Å². The van der Waals surface area contributed by atoms with Crippen molar-refractivity contribution < 1.29 is 23.8 Å². The van der Waals surface area contributed by atoms with E-state index < -0.39 is 11.9 Å². The molecule has 1 heterocycles. The van der Waals surface area contributed by atoms with E-state index in [1.54, 1.807) is 0 Å². The predicted octanol–water partition coefficient (Wildman–Crippen LogP) is 2.87. The lowest BCUT2D eigenvalue weighted by atomic mass is 10.2. The van der Waals surface area contributed by atoms with Crippen LogP contribution >= 0.6 is 11.8 Å². The molecule has 1 aliphatic rings. The van der Waals surface area contributed by atoms with Gasteiger partial charge < -0.3 is 14.2 Å². The first-order valence-electron chi connectivity index (χ1n) is 8.65. The maximum Gasteiger partial charge on any atom is 0.331 e. The molecule has 0 radical (unpaired) electrons. The number of amidine groups is 1. The fourth-order valence-corrected chi connectivity index (χ4v) is 2.88. The van der Waals surface area contributed by atoms with Crippen molar-refractivity contribution in [3.63, 3.8) is 0 Å². The Morgan fingerprint density at radius 3 is 2.25 bits per heavy atom. The maximum atomic E-state index is 11.8. The van der Waals surface area contributed by atoms with Crippen LogP contribution in [0.4, 0.5) is 0 Å². The molecule has 150 valence electrons. The molecule has 9 heteroatoms. The largest absolute Gasteiger partial charge is 0.491 e. The second-order valence-electron chi connectivity index (χ2n) is 6.31. The van der Waals surface area contributed by atoms with E-state index in [1.165, 1.54) is 13.3 Å². The summed E-state index contributed by atoms with van der Waals surface area (Å²) in [7, 11) is 1.24. The standard InChI is InChI=1S/C19H23N3O5S/c1-11(2)26-14-6-13(7-15(8-14)27-12(3)4)10-20-22-19-21-18(24)16(28-19)9-17(23)25-5/h6-12H,1-5H3,(H,21,22,24)/b16-9+,20-10?. The number of esters is 1. The predicted molar refractivity (Wildman–Crippen MR) is 109 cm³/mol. The van der Waals surface area contributed by atoms with E-state index in [2.05, 4.69) is 20.3 Å². The normalized spacial score (nSPS) is 17.0. The molecule has 1 aromatic rings. The third-order valence-electron chi connectivity index (χ3n) is 3.10. The van der Waals surface area contributed by atoms with Crippen LogP contribution in [0.3, 0.4) is 0 Å². The van der Waals surface area contributed by atoms with Crippen LogP contribution in [-0.4, -0.2) is 42.6 Å². The van der Waals surface area contributed by atoms with Gasteiger partial charge in [0.05, 0.1) is 30.4 Å². The van der Waals surface area contributed by atoms with Crippen LogP contribution in [0.1, 0.15) is 33.3 Å². The van der Waals surface area contributed by atoms with Gasteiger partial charge in [-0.2, -0.15) is 5.10 Å². The summed E-state index contributed by atoms with van der Waals surface area (Å²) in [6.07, 6.45) is 2.67. The minimum Gasteiger partial charge on any atom is -0.491 e. The maximum absolute atomic E-state index is 11.8. The number of thioether (sulfide) groups is 1. The number of rotatable bonds is 7. The number of benzene rings is 1. The lowest BCUT2D eigenvalue weighted by Crippen LogP contribution is -2.19. The molecular formula is C19H23N3O5S. The highest BCUT2D eigenvalue weighted by Gasteiger charge is 2.25. The van der Waals surface area contributed by atoms with E-state index in [0.29, 0.717) is 11.5 Å².